The van der Waals surface area contributed by atoms with Crippen LogP contribution in [0.1, 0.15) is 16.3 Å². The van der Waals surface area contributed by atoms with E-state index >= 15 is 0 Å². The van der Waals surface area contributed by atoms with Gasteiger partial charge in [-0.25, -0.2) is 9.97 Å². The summed E-state index contributed by atoms with van der Waals surface area (Å²) in [7, 11) is 1.76. The predicted octanol–water partition coefficient (Wildman–Crippen LogP) is 2.55. The van der Waals surface area contributed by atoms with E-state index < -0.39 is 0 Å². The summed E-state index contributed by atoms with van der Waals surface area (Å²) in [6, 6.07) is 9.61. The summed E-state index contributed by atoms with van der Waals surface area (Å²) in [6.45, 7) is 0. The van der Waals surface area contributed by atoms with Gasteiger partial charge in [0.05, 0.1) is 11.9 Å². The minimum Gasteiger partial charge on any atom is -0.292 e. The van der Waals surface area contributed by atoms with Gasteiger partial charge in [-0.15, -0.1) is 0 Å². The molecule has 20 heavy (non-hydrogen) atoms. The molecular formula is C14H11BrN4O. The van der Waals surface area contributed by atoms with E-state index in [0.29, 0.717) is 16.0 Å². The first-order chi connectivity index (χ1) is 9.65. The highest BCUT2D eigenvalue weighted by Crippen LogP contribution is 2.22. The van der Waals surface area contributed by atoms with E-state index in [-0.39, 0.29) is 12.2 Å². The molecule has 0 spiro atoms. The Kier molecular flexibility index (Phi) is 3.31. The molecule has 0 N–H and O–H groups in total. The van der Waals surface area contributed by atoms with Crippen molar-refractivity contribution in [3.05, 3.63) is 52.7 Å². The van der Waals surface area contributed by atoms with Crippen LogP contribution >= 0.6 is 15.9 Å². The van der Waals surface area contributed by atoms with Crippen LogP contribution in [0.3, 0.4) is 0 Å². The Morgan fingerprint density at radius 1 is 1.35 bits per heavy atom. The fourth-order valence-electron chi connectivity index (χ4n) is 1.99. The van der Waals surface area contributed by atoms with Gasteiger partial charge in [-0.3, -0.25) is 9.48 Å². The molecule has 0 unspecified atom stereocenters. The standard InChI is InChI=1S/C14H11BrN4O/c1-19-13(16-8-17-19)7-12(20)14-10(15)6-9-4-2-3-5-11(9)18-14/h2-6,8H,7H2,1H3. The maximum absolute atomic E-state index is 12.4. The van der Waals surface area contributed by atoms with Gasteiger partial charge in [0.15, 0.2) is 5.78 Å². The molecule has 100 valence electrons. The Morgan fingerprint density at radius 2 is 2.15 bits per heavy atom. The topological polar surface area (TPSA) is 60.7 Å². The number of aromatic nitrogens is 4. The number of carbonyl (C=O) groups excluding carboxylic acids is 1. The zero-order chi connectivity index (χ0) is 14.1. The normalized spacial score (nSPS) is 10.9. The largest absolute Gasteiger partial charge is 0.292 e. The van der Waals surface area contributed by atoms with Crippen LogP contribution < -0.4 is 0 Å². The summed E-state index contributed by atoms with van der Waals surface area (Å²) < 4.78 is 2.29. The number of para-hydroxylation sites is 1. The molecule has 0 saturated heterocycles. The van der Waals surface area contributed by atoms with Gasteiger partial charge in [-0.05, 0) is 28.1 Å². The van der Waals surface area contributed by atoms with Crippen LogP contribution in [0.5, 0.6) is 0 Å². The number of rotatable bonds is 3. The number of aryl methyl sites for hydroxylation is 1. The molecule has 3 aromatic rings. The monoisotopic (exact) mass is 330 g/mol. The summed E-state index contributed by atoms with van der Waals surface area (Å²) >= 11 is 3.41. The van der Waals surface area contributed by atoms with Crippen molar-refractivity contribution < 1.29 is 4.79 Å². The molecule has 0 aliphatic heterocycles. The number of carbonyl (C=O) groups is 1. The van der Waals surface area contributed by atoms with Crippen LogP contribution in [0.25, 0.3) is 10.9 Å². The van der Waals surface area contributed by atoms with Gasteiger partial charge in [0, 0.05) is 16.9 Å². The number of benzene rings is 1. The van der Waals surface area contributed by atoms with Crippen LogP contribution in [0, 0.1) is 0 Å². The molecule has 0 amide bonds. The van der Waals surface area contributed by atoms with E-state index in [1.54, 1.807) is 11.7 Å². The quantitative estimate of drug-likeness (QED) is 0.692. The molecule has 0 aliphatic carbocycles. The number of nitrogens with zero attached hydrogens (tertiary/aromatic N) is 4. The fourth-order valence-corrected chi connectivity index (χ4v) is 2.55. The Hall–Kier alpha value is -2.08. The predicted molar refractivity (Wildman–Crippen MR) is 78.5 cm³/mol. The first-order valence-electron chi connectivity index (χ1n) is 6.06. The van der Waals surface area contributed by atoms with Crippen LogP contribution in [0.4, 0.5) is 0 Å². The SMILES string of the molecule is Cn1ncnc1CC(=O)c1nc2ccccc2cc1Br. The molecule has 0 saturated carbocycles. The number of hydrogen-bond donors (Lipinski definition) is 0. The zero-order valence-corrected chi connectivity index (χ0v) is 12.3. The Bertz CT molecular complexity index is 797. The van der Waals surface area contributed by atoms with E-state index in [1.807, 2.05) is 30.3 Å². The van der Waals surface area contributed by atoms with E-state index in [2.05, 4.69) is 31.0 Å². The van der Waals surface area contributed by atoms with Crippen molar-refractivity contribution in [3.63, 3.8) is 0 Å². The molecule has 0 fully saturated rings. The number of halogens is 1. The van der Waals surface area contributed by atoms with Gasteiger partial charge in [0.2, 0.25) is 0 Å². The van der Waals surface area contributed by atoms with Crippen molar-refractivity contribution in [2.75, 3.05) is 0 Å². The molecule has 1 aromatic carbocycles. The lowest BCUT2D eigenvalue weighted by Gasteiger charge is -2.05. The van der Waals surface area contributed by atoms with Gasteiger partial charge in [0.25, 0.3) is 0 Å². The van der Waals surface area contributed by atoms with Crippen LogP contribution in [-0.2, 0) is 13.5 Å². The molecular weight excluding hydrogens is 320 g/mol. The van der Waals surface area contributed by atoms with Crippen LogP contribution in [0.2, 0.25) is 0 Å². The number of pyridine rings is 1. The highest BCUT2D eigenvalue weighted by Gasteiger charge is 2.16. The lowest BCUT2D eigenvalue weighted by molar-refractivity contribution is 0.0984. The second-order valence-corrected chi connectivity index (χ2v) is 5.27. The Balaban J connectivity index is 1.99. The Labute approximate surface area is 123 Å². The van der Waals surface area contributed by atoms with Crippen molar-refractivity contribution in [2.24, 2.45) is 7.05 Å². The minimum atomic E-state index is -0.0845. The van der Waals surface area contributed by atoms with Crippen molar-refractivity contribution >= 4 is 32.6 Å². The summed E-state index contributed by atoms with van der Waals surface area (Å²) in [4.78, 5) is 20.8. The van der Waals surface area contributed by atoms with Crippen molar-refractivity contribution in [1.29, 1.82) is 0 Å². The lowest BCUT2D eigenvalue weighted by atomic mass is 10.1. The van der Waals surface area contributed by atoms with Gasteiger partial charge < -0.3 is 0 Å². The summed E-state index contributed by atoms with van der Waals surface area (Å²) in [5, 5.41) is 4.95. The highest BCUT2D eigenvalue weighted by atomic mass is 79.9. The van der Waals surface area contributed by atoms with Crippen molar-refractivity contribution in [1.82, 2.24) is 19.7 Å². The van der Waals surface area contributed by atoms with Crippen LogP contribution in [-0.4, -0.2) is 25.5 Å². The molecule has 6 heteroatoms. The zero-order valence-electron chi connectivity index (χ0n) is 10.7. The van der Waals surface area contributed by atoms with Crippen molar-refractivity contribution in [2.45, 2.75) is 6.42 Å². The van der Waals surface area contributed by atoms with Gasteiger partial charge in [-0.1, -0.05) is 18.2 Å². The fraction of sp³-hybridized carbons (Fsp3) is 0.143. The molecule has 5 nitrogen and oxygen atoms in total. The first-order valence-corrected chi connectivity index (χ1v) is 6.86. The van der Waals surface area contributed by atoms with Gasteiger partial charge in [0.1, 0.15) is 17.8 Å². The van der Waals surface area contributed by atoms with E-state index in [9.17, 15) is 4.79 Å². The molecule has 0 bridgehead atoms. The van der Waals surface area contributed by atoms with E-state index in [0.717, 1.165) is 10.9 Å². The smallest absolute Gasteiger partial charge is 0.189 e. The number of Topliss-reactive ketones (excluding diaryl/α,β-unsaturated/α-hetero) is 1. The third kappa shape index (κ3) is 2.34. The maximum atomic E-state index is 12.4. The molecule has 2 heterocycles. The van der Waals surface area contributed by atoms with Gasteiger partial charge in [-0.2, -0.15) is 5.10 Å². The lowest BCUT2D eigenvalue weighted by Crippen LogP contribution is -2.11. The molecule has 0 radical (unpaired) electrons. The summed E-state index contributed by atoms with van der Waals surface area (Å²) in [6.07, 6.45) is 1.62. The summed E-state index contributed by atoms with van der Waals surface area (Å²) in [5.41, 5.74) is 1.23. The minimum absolute atomic E-state index is 0.0845. The average Bonchev–Trinajstić information content (AvgIpc) is 2.83. The first kappa shape index (κ1) is 12.9. The molecule has 0 aliphatic rings. The second-order valence-electron chi connectivity index (χ2n) is 4.41. The molecule has 3 rings (SSSR count). The highest BCUT2D eigenvalue weighted by molar-refractivity contribution is 9.10. The number of hydrogen-bond acceptors (Lipinski definition) is 4. The average molecular weight is 331 g/mol. The van der Waals surface area contributed by atoms with Gasteiger partial charge >= 0.3 is 0 Å². The number of fused-ring (bicyclic) bond motifs is 1. The number of ketones is 1. The van der Waals surface area contributed by atoms with E-state index in [4.69, 9.17) is 0 Å². The summed E-state index contributed by atoms with van der Waals surface area (Å²) in [5.74, 6) is 0.538. The third-order valence-corrected chi connectivity index (χ3v) is 3.67. The van der Waals surface area contributed by atoms with E-state index in [1.165, 1.54) is 6.33 Å². The third-order valence-electron chi connectivity index (χ3n) is 3.07. The molecule has 0 atom stereocenters. The van der Waals surface area contributed by atoms with Crippen LogP contribution in [0.15, 0.2) is 41.1 Å². The molecule has 2 aromatic heterocycles. The maximum Gasteiger partial charge on any atom is 0.189 e. The Morgan fingerprint density at radius 3 is 2.90 bits per heavy atom. The van der Waals surface area contributed by atoms with Crippen molar-refractivity contribution in [3.8, 4) is 0 Å². The second kappa shape index (κ2) is 5.13.